The lowest BCUT2D eigenvalue weighted by Crippen LogP contribution is -2.31. The van der Waals surface area contributed by atoms with Crippen LogP contribution in [0.25, 0.3) is 11.0 Å². The van der Waals surface area contributed by atoms with Crippen molar-refractivity contribution in [2.24, 2.45) is 0 Å². The van der Waals surface area contributed by atoms with E-state index in [1.165, 1.54) is 42.5 Å². The Labute approximate surface area is 181 Å². The Kier molecular flexibility index (Phi) is 4.52. The number of carbonyl (C=O) groups excluding carboxylic acids is 2. The van der Waals surface area contributed by atoms with Crippen LogP contribution in [0, 0.1) is 5.82 Å². The molecule has 7 heteroatoms. The highest BCUT2D eigenvalue weighted by Gasteiger charge is 2.45. The zero-order chi connectivity index (χ0) is 22.4. The van der Waals surface area contributed by atoms with E-state index in [1.807, 2.05) is 0 Å². The van der Waals surface area contributed by atoms with Gasteiger partial charge in [-0.1, -0.05) is 36.4 Å². The summed E-state index contributed by atoms with van der Waals surface area (Å²) in [4.78, 5) is 27.7. The number of nitrogens with zero attached hydrogens (tertiary/aromatic N) is 1. The highest BCUT2D eigenvalue weighted by Crippen LogP contribution is 2.42. The van der Waals surface area contributed by atoms with Crippen LogP contribution in [-0.4, -0.2) is 21.9 Å². The van der Waals surface area contributed by atoms with Gasteiger partial charge in [-0.05, 0) is 48.0 Å². The number of benzene rings is 3. The van der Waals surface area contributed by atoms with Gasteiger partial charge in [-0.3, -0.25) is 14.5 Å². The summed E-state index contributed by atoms with van der Waals surface area (Å²) in [5.41, 5.74) is 0.920. The maximum absolute atomic E-state index is 13.9. The molecule has 1 atom stereocenters. The molecule has 6 nitrogen and oxygen atoms in total. The summed E-state index contributed by atoms with van der Waals surface area (Å²) < 4.78 is 19.6. The van der Waals surface area contributed by atoms with Gasteiger partial charge in [0.2, 0.25) is 5.78 Å². The number of hydrogen-bond donors (Lipinski definition) is 2. The average Bonchev–Trinajstić information content (AvgIpc) is 3.33. The third-order valence-corrected chi connectivity index (χ3v) is 5.40. The number of ketones is 1. The number of rotatable bonds is 4. The van der Waals surface area contributed by atoms with Crippen LogP contribution < -0.4 is 4.90 Å². The Morgan fingerprint density at radius 2 is 1.69 bits per heavy atom. The fraction of sp³-hybridized carbons (Fsp3) is 0.0400. The number of halogens is 1. The number of phenols is 1. The van der Waals surface area contributed by atoms with Crippen LogP contribution in [0.2, 0.25) is 0 Å². The Balaban J connectivity index is 1.67. The normalized spacial score (nSPS) is 16.2. The van der Waals surface area contributed by atoms with E-state index in [4.69, 9.17) is 4.42 Å². The minimum Gasteiger partial charge on any atom is -0.508 e. The second kappa shape index (κ2) is 7.39. The first-order valence-electron chi connectivity index (χ1n) is 9.78. The smallest absolute Gasteiger partial charge is 0.294 e. The second-order valence-electron chi connectivity index (χ2n) is 7.39. The third kappa shape index (κ3) is 3.11. The molecule has 2 heterocycles. The van der Waals surface area contributed by atoms with Crippen molar-refractivity contribution in [3.8, 4) is 5.75 Å². The van der Waals surface area contributed by atoms with E-state index in [1.54, 1.807) is 30.3 Å². The molecule has 0 radical (unpaired) electrons. The van der Waals surface area contributed by atoms with Crippen LogP contribution in [0.4, 0.5) is 10.1 Å². The van der Waals surface area contributed by atoms with Gasteiger partial charge in [-0.2, -0.15) is 0 Å². The molecule has 1 unspecified atom stereocenters. The molecule has 0 aliphatic carbocycles. The highest BCUT2D eigenvalue weighted by atomic mass is 19.1. The molecule has 0 saturated carbocycles. The van der Waals surface area contributed by atoms with Crippen molar-refractivity contribution in [2.75, 3.05) is 4.90 Å². The summed E-state index contributed by atoms with van der Waals surface area (Å²) in [5, 5.41) is 21.1. The van der Waals surface area contributed by atoms with Crippen LogP contribution in [0.5, 0.6) is 5.75 Å². The van der Waals surface area contributed by atoms with Crippen molar-refractivity contribution in [3.05, 3.63) is 107 Å². The van der Waals surface area contributed by atoms with Gasteiger partial charge >= 0.3 is 0 Å². The molecule has 0 saturated heterocycles. The predicted molar refractivity (Wildman–Crippen MR) is 115 cm³/mol. The topological polar surface area (TPSA) is 91.0 Å². The number of fused-ring (bicyclic) bond motifs is 1. The maximum atomic E-state index is 13.9. The summed E-state index contributed by atoms with van der Waals surface area (Å²) in [6.45, 7) is 0. The SMILES string of the molecule is O=C(C1=C(O)C(=O)N(c2cccc(F)c2)C1c1ccc(O)cc1)c1cc2ccccc2o1. The number of anilines is 1. The molecule has 5 rings (SSSR count). The van der Waals surface area contributed by atoms with Gasteiger partial charge in [0.05, 0.1) is 11.6 Å². The van der Waals surface area contributed by atoms with Crippen LogP contribution in [-0.2, 0) is 4.79 Å². The summed E-state index contributed by atoms with van der Waals surface area (Å²) in [7, 11) is 0. The highest BCUT2D eigenvalue weighted by molar-refractivity contribution is 6.20. The van der Waals surface area contributed by atoms with Gasteiger partial charge in [0.15, 0.2) is 11.5 Å². The number of hydrogen-bond acceptors (Lipinski definition) is 5. The molecule has 0 fully saturated rings. The zero-order valence-electron chi connectivity index (χ0n) is 16.5. The minimum absolute atomic E-state index is 0.00580. The van der Waals surface area contributed by atoms with Crippen LogP contribution in [0.1, 0.15) is 22.2 Å². The maximum Gasteiger partial charge on any atom is 0.294 e. The molecular weight excluding hydrogens is 413 g/mol. The summed E-state index contributed by atoms with van der Waals surface area (Å²) in [5.74, 6) is -2.86. The summed E-state index contributed by atoms with van der Waals surface area (Å²) >= 11 is 0. The third-order valence-electron chi connectivity index (χ3n) is 5.40. The first-order valence-corrected chi connectivity index (χ1v) is 9.78. The Morgan fingerprint density at radius 3 is 2.41 bits per heavy atom. The molecule has 4 aromatic rings. The minimum atomic E-state index is -1.05. The van der Waals surface area contributed by atoms with Crippen LogP contribution in [0.3, 0.4) is 0 Å². The Bertz CT molecular complexity index is 1370. The quantitative estimate of drug-likeness (QED) is 0.443. The molecule has 3 aromatic carbocycles. The van der Waals surface area contributed by atoms with Crippen molar-refractivity contribution in [2.45, 2.75) is 6.04 Å². The van der Waals surface area contributed by atoms with Crippen molar-refractivity contribution in [1.82, 2.24) is 0 Å². The Hall–Kier alpha value is -4.39. The Morgan fingerprint density at radius 1 is 0.938 bits per heavy atom. The number of aliphatic hydroxyl groups excluding tert-OH is 1. The van der Waals surface area contributed by atoms with E-state index in [9.17, 15) is 24.2 Å². The van der Waals surface area contributed by atoms with Gasteiger partial charge in [-0.15, -0.1) is 0 Å². The first-order chi connectivity index (χ1) is 15.4. The van der Waals surface area contributed by atoms with Gasteiger partial charge < -0.3 is 14.6 Å². The standard InChI is InChI=1S/C25H16FNO5/c26-16-5-3-6-17(13-16)27-22(14-8-10-18(28)11-9-14)21(24(30)25(27)31)23(29)20-12-15-4-1-2-7-19(15)32-20/h1-13,22,28,30H. The van der Waals surface area contributed by atoms with Gasteiger partial charge in [0.1, 0.15) is 17.1 Å². The summed E-state index contributed by atoms with van der Waals surface area (Å²) in [6, 6.07) is 18.7. The number of aromatic hydroxyl groups is 1. The lowest BCUT2D eigenvalue weighted by Gasteiger charge is -2.26. The van der Waals surface area contributed by atoms with Gasteiger partial charge in [0.25, 0.3) is 5.91 Å². The van der Waals surface area contributed by atoms with E-state index < -0.39 is 29.3 Å². The lowest BCUT2D eigenvalue weighted by molar-refractivity contribution is -0.117. The second-order valence-corrected chi connectivity index (χ2v) is 7.39. The van der Waals surface area contributed by atoms with Gasteiger partial charge in [-0.25, -0.2) is 4.39 Å². The van der Waals surface area contributed by atoms with Crippen LogP contribution in [0.15, 0.2) is 94.6 Å². The van der Waals surface area contributed by atoms with Crippen LogP contribution >= 0.6 is 0 Å². The summed E-state index contributed by atoms with van der Waals surface area (Å²) in [6.07, 6.45) is 0. The largest absolute Gasteiger partial charge is 0.508 e. The van der Waals surface area contributed by atoms with Gasteiger partial charge in [0, 0.05) is 11.1 Å². The number of phenolic OH excluding ortho intramolecular Hbond substituents is 1. The molecule has 2 N–H and O–H groups in total. The number of carbonyl (C=O) groups is 2. The van der Waals surface area contributed by atoms with Crippen molar-refractivity contribution in [3.63, 3.8) is 0 Å². The van der Waals surface area contributed by atoms with E-state index in [-0.39, 0.29) is 22.8 Å². The molecule has 1 aliphatic heterocycles. The molecule has 1 aliphatic rings. The lowest BCUT2D eigenvalue weighted by atomic mass is 9.94. The fourth-order valence-corrected chi connectivity index (χ4v) is 3.93. The molecule has 32 heavy (non-hydrogen) atoms. The fourth-order valence-electron chi connectivity index (χ4n) is 3.93. The zero-order valence-corrected chi connectivity index (χ0v) is 16.5. The van der Waals surface area contributed by atoms with E-state index in [0.717, 1.165) is 11.0 Å². The molecular formula is C25H16FNO5. The molecule has 1 aromatic heterocycles. The predicted octanol–water partition coefficient (Wildman–Crippen LogP) is 5.06. The van der Waals surface area contributed by atoms with Crippen molar-refractivity contribution >= 4 is 28.3 Å². The molecule has 1 amide bonds. The molecule has 0 spiro atoms. The molecule has 0 bridgehead atoms. The number of furan rings is 1. The number of para-hydroxylation sites is 1. The first kappa shape index (κ1) is 19.6. The van der Waals surface area contributed by atoms with Crippen molar-refractivity contribution < 1.29 is 28.6 Å². The van der Waals surface area contributed by atoms with Crippen molar-refractivity contribution in [1.29, 1.82) is 0 Å². The number of aliphatic hydroxyl groups is 1. The van der Waals surface area contributed by atoms with E-state index in [2.05, 4.69) is 0 Å². The number of Topliss-reactive ketones (excluding diaryl/α,β-unsaturated/α-hetero) is 1. The van der Waals surface area contributed by atoms with E-state index >= 15 is 0 Å². The number of amides is 1. The average molecular weight is 429 g/mol. The monoisotopic (exact) mass is 429 g/mol. The van der Waals surface area contributed by atoms with E-state index in [0.29, 0.717) is 16.5 Å². The molecule has 158 valence electrons.